The molecular formula is C9H13ClNO+. The van der Waals surface area contributed by atoms with Crippen molar-refractivity contribution in [2.75, 3.05) is 14.2 Å². The Hall–Kier alpha value is -0.730. The van der Waals surface area contributed by atoms with Crippen LogP contribution in [0.4, 0.5) is 0 Å². The summed E-state index contributed by atoms with van der Waals surface area (Å²) in [5, 5.41) is 2.83. The van der Waals surface area contributed by atoms with E-state index in [9.17, 15) is 0 Å². The Morgan fingerprint density at radius 1 is 1.50 bits per heavy atom. The van der Waals surface area contributed by atoms with E-state index in [1.807, 2.05) is 25.2 Å². The van der Waals surface area contributed by atoms with Crippen molar-refractivity contribution in [2.24, 2.45) is 0 Å². The number of rotatable bonds is 3. The van der Waals surface area contributed by atoms with Crippen LogP contribution in [-0.2, 0) is 6.54 Å². The first-order chi connectivity index (χ1) is 5.77. The first-order valence-corrected chi connectivity index (χ1v) is 4.26. The van der Waals surface area contributed by atoms with Crippen LogP contribution < -0.4 is 10.1 Å². The Bertz CT molecular complexity index is 263. The average molecular weight is 187 g/mol. The summed E-state index contributed by atoms with van der Waals surface area (Å²) in [6.45, 7) is 0.893. The fourth-order valence-corrected chi connectivity index (χ4v) is 1.32. The highest BCUT2D eigenvalue weighted by Gasteiger charge is 2.03. The third-order valence-corrected chi connectivity index (χ3v) is 1.90. The van der Waals surface area contributed by atoms with Gasteiger partial charge in [-0.05, 0) is 18.2 Å². The Balaban J connectivity index is 2.95. The second-order valence-electron chi connectivity index (χ2n) is 2.57. The predicted octanol–water partition coefficient (Wildman–Crippen LogP) is 1.04. The number of methoxy groups -OCH3 is 1. The molecule has 0 amide bonds. The maximum Gasteiger partial charge on any atom is 0.127 e. The van der Waals surface area contributed by atoms with Gasteiger partial charge in [0.25, 0.3) is 0 Å². The molecule has 12 heavy (non-hydrogen) atoms. The van der Waals surface area contributed by atoms with Gasteiger partial charge in [0.05, 0.1) is 14.2 Å². The predicted molar refractivity (Wildman–Crippen MR) is 49.6 cm³/mol. The molecule has 0 aliphatic rings. The first kappa shape index (κ1) is 9.36. The van der Waals surface area contributed by atoms with Crippen LogP contribution in [0.1, 0.15) is 5.56 Å². The van der Waals surface area contributed by atoms with Gasteiger partial charge in [-0.15, -0.1) is 0 Å². The van der Waals surface area contributed by atoms with Crippen molar-refractivity contribution in [2.45, 2.75) is 6.54 Å². The molecule has 1 aromatic carbocycles. The van der Waals surface area contributed by atoms with Crippen LogP contribution in [0.25, 0.3) is 0 Å². The normalized spacial score (nSPS) is 9.92. The molecule has 2 nitrogen and oxygen atoms in total. The van der Waals surface area contributed by atoms with Crippen molar-refractivity contribution in [3.8, 4) is 5.75 Å². The maximum atomic E-state index is 5.84. The van der Waals surface area contributed by atoms with Crippen molar-refractivity contribution >= 4 is 11.6 Å². The van der Waals surface area contributed by atoms with Gasteiger partial charge in [0.1, 0.15) is 12.3 Å². The molecule has 0 radical (unpaired) electrons. The number of halogens is 1. The van der Waals surface area contributed by atoms with Crippen molar-refractivity contribution in [3.05, 3.63) is 28.8 Å². The summed E-state index contributed by atoms with van der Waals surface area (Å²) >= 11 is 5.84. The van der Waals surface area contributed by atoms with E-state index >= 15 is 0 Å². The average Bonchev–Trinajstić information content (AvgIpc) is 2.05. The zero-order valence-electron chi connectivity index (χ0n) is 7.30. The zero-order chi connectivity index (χ0) is 8.97. The van der Waals surface area contributed by atoms with Crippen LogP contribution in [0.15, 0.2) is 18.2 Å². The third-order valence-electron chi connectivity index (χ3n) is 1.67. The molecule has 0 spiro atoms. The monoisotopic (exact) mass is 186 g/mol. The minimum atomic E-state index is 0.757. The van der Waals surface area contributed by atoms with E-state index in [1.54, 1.807) is 7.11 Å². The van der Waals surface area contributed by atoms with Gasteiger partial charge in [-0.3, -0.25) is 0 Å². The minimum absolute atomic E-state index is 0.757. The van der Waals surface area contributed by atoms with Crippen LogP contribution in [0.3, 0.4) is 0 Å². The lowest BCUT2D eigenvalue weighted by Gasteiger charge is -2.05. The molecule has 0 saturated heterocycles. The van der Waals surface area contributed by atoms with Crippen molar-refractivity contribution in [1.82, 2.24) is 0 Å². The Morgan fingerprint density at radius 3 is 2.83 bits per heavy atom. The van der Waals surface area contributed by atoms with E-state index in [-0.39, 0.29) is 0 Å². The second kappa shape index (κ2) is 4.33. The molecule has 0 bridgehead atoms. The Labute approximate surface area is 77.5 Å². The molecule has 0 heterocycles. The molecule has 0 unspecified atom stereocenters. The van der Waals surface area contributed by atoms with Crippen LogP contribution in [-0.4, -0.2) is 14.2 Å². The highest BCUT2D eigenvalue weighted by Crippen LogP contribution is 2.21. The lowest BCUT2D eigenvalue weighted by atomic mass is 10.2. The molecule has 0 aliphatic heterocycles. The van der Waals surface area contributed by atoms with Crippen molar-refractivity contribution in [3.63, 3.8) is 0 Å². The van der Waals surface area contributed by atoms with Crippen LogP contribution >= 0.6 is 11.6 Å². The first-order valence-electron chi connectivity index (χ1n) is 3.88. The molecule has 1 rings (SSSR count). The summed E-state index contributed by atoms with van der Waals surface area (Å²) in [7, 11) is 3.68. The fraction of sp³-hybridized carbons (Fsp3) is 0.333. The smallest absolute Gasteiger partial charge is 0.127 e. The maximum absolute atomic E-state index is 5.84. The Kier molecular flexibility index (Phi) is 3.38. The van der Waals surface area contributed by atoms with Gasteiger partial charge in [0, 0.05) is 10.6 Å². The highest BCUT2D eigenvalue weighted by atomic mass is 35.5. The van der Waals surface area contributed by atoms with Crippen LogP contribution in [0.2, 0.25) is 5.02 Å². The molecular weight excluding hydrogens is 174 g/mol. The van der Waals surface area contributed by atoms with E-state index in [0.717, 1.165) is 22.9 Å². The number of hydrogen-bond donors (Lipinski definition) is 1. The summed E-state index contributed by atoms with van der Waals surface area (Å²) in [6, 6.07) is 5.65. The van der Waals surface area contributed by atoms with Gasteiger partial charge in [-0.1, -0.05) is 11.6 Å². The van der Waals surface area contributed by atoms with Crippen molar-refractivity contribution < 1.29 is 10.1 Å². The quantitative estimate of drug-likeness (QED) is 0.750. The molecule has 1 aromatic rings. The molecule has 0 saturated carbocycles. The summed E-state index contributed by atoms with van der Waals surface area (Å²) in [6.07, 6.45) is 0. The van der Waals surface area contributed by atoms with Crippen LogP contribution in [0.5, 0.6) is 5.75 Å². The van der Waals surface area contributed by atoms with E-state index in [2.05, 4.69) is 5.32 Å². The second-order valence-corrected chi connectivity index (χ2v) is 3.00. The Morgan fingerprint density at radius 2 is 2.25 bits per heavy atom. The molecule has 0 aliphatic carbocycles. The van der Waals surface area contributed by atoms with Gasteiger partial charge in [-0.2, -0.15) is 0 Å². The summed E-state index contributed by atoms with van der Waals surface area (Å²) in [5.41, 5.74) is 1.13. The number of hydrogen-bond acceptors (Lipinski definition) is 1. The highest BCUT2D eigenvalue weighted by molar-refractivity contribution is 6.30. The van der Waals surface area contributed by atoms with Gasteiger partial charge >= 0.3 is 0 Å². The number of benzene rings is 1. The lowest BCUT2D eigenvalue weighted by molar-refractivity contribution is -0.643. The lowest BCUT2D eigenvalue weighted by Crippen LogP contribution is -2.77. The van der Waals surface area contributed by atoms with E-state index in [0.29, 0.717) is 0 Å². The third kappa shape index (κ3) is 2.13. The minimum Gasteiger partial charge on any atom is -0.496 e. The summed E-state index contributed by atoms with van der Waals surface area (Å²) in [4.78, 5) is 0. The van der Waals surface area contributed by atoms with E-state index < -0.39 is 0 Å². The van der Waals surface area contributed by atoms with Gasteiger partial charge in [0.2, 0.25) is 0 Å². The van der Waals surface area contributed by atoms with Gasteiger partial charge < -0.3 is 10.1 Å². The number of ether oxygens (including phenoxy) is 1. The van der Waals surface area contributed by atoms with E-state index in [4.69, 9.17) is 16.3 Å². The van der Waals surface area contributed by atoms with Gasteiger partial charge in [-0.25, -0.2) is 0 Å². The fourth-order valence-electron chi connectivity index (χ4n) is 1.13. The number of quaternary nitrogens is 1. The largest absolute Gasteiger partial charge is 0.496 e. The molecule has 0 aromatic heterocycles. The van der Waals surface area contributed by atoms with E-state index in [1.165, 1.54) is 0 Å². The molecule has 2 N–H and O–H groups in total. The SMILES string of the molecule is C[NH2+]Cc1cc(Cl)ccc1OC. The van der Waals surface area contributed by atoms with Gasteiger partial charge in [0.15, 0.2) is 0 Å². The van der Waals surface area contributed by atoms with Crippen molar-refractivity contribution in [1.29, 1.82) is 0 Å². The standard InChI is InChI=1S/C9H12ClNO/c1-11-6-7-5-8(10)3-4-9(7)12-2/h3-5,11H,6H2,1-2H3/p+1. The van der Waals surface area contributed by atoms with Crippen LogP contribution in [0, 0.1) is 0 Å². The summed E-state index contributed by atoms with van der Waals surface area (Å²) in [5.74, 6) is 0.900. The summed E-state index contributed by atoms with van der Waals surface area (Å²) < 4.78 is 5.17. The molecule has 66 valence electrons. The molecule has 0 atom stereocenters. The zero-order valence-corrected chi connectivity index (χ0v) is 8.06. The topological polar surface area (TPSA) is 25.8 Å². The molecule has 3 heteroatoms. The molecule has 0 fully saturated rings. The number of nitrogens with two attached hydrogens (primary N) is 1.